The molecule has 0 unspecified atom stereocenters. The molecule has 0 saturated carbocycles. The highest BCUT2D eigenvalue weighted by Crippen LogP contribution is 2.25. The molecule has 2 heterocycles. The van der Waals surface area contributed by atoms with Crippen molar-refractivity contribution >= 4 is 48.8 Å². The number of halogens is 2. The van der Waals surface area contributed by atoms with Gasteiger partial charge in [0.2, 0.25) is 0 Å². The molecule has 0 radical (unpaired) electrons. The third kappa shape index (κ3) is 8.90. The predicted octanol–water partition coefficient (Wildman–Crippen LogP) is 4.64. The minimum absolute atomic E-state index is 0. The van der Waals surface area contributed by atoms with Gasteiger partial charge < -0.3 is 14.7 Å². The summed E-state index contributed by atoms with van der Waals surface area (Å²) >= 11 is 0. The second kappa shape index (κ2) is 12.8. The molecule has 0 bridgehead atoms. The van der Waals surface area contributed by atoms with E-state index in [9.17, 15) is 9.59 Å². The van der Waals surface area contributed by atoms with Gasteiger partial charge in [-0.2, -0.15) is 0 Å². The molecule has 30 heavy (non-hydrogen) atoms. The molecule has 1 aliphatic rings. The van der Waals surface area contributed by atoms with Crippen LogP contribution in [0.2, 0.25) is 0 Å². The maximum Gasteiger partial charge on any atom is 0.416 e. The van der Waals surface area contributed by atoms with Crippen molar-refractivity contribution in [2.45, 2.75) is 58.6 Å². The number of unbranched alkanes of at least 4 members (excludes halogenated alkanes) is 1. The van der Waals surface area contributed by atoms with Crippen molar-refractivity contribution in [2.75, 3.05) is 24.5 Å². The van der Waals surface area contributed by atoms with Crippen LogP contribution in [0.3, 0.4) is 0 Å². The van der Waals surface area contributed by atoms with Crippen molar-refractivity contribution in [2.24, 2.45) is 0 Å². The standard InChI is InChI=1S/C21H31N3O4.2ClH/c1-5-6-12-23-13-11-17(15-23)24(20(27)28-21(2,3)4)18-9-7-16(14-22-18)8-10-19(25)26;;/h7-10,14,17H,5-6,11-13,15H2,1-4H3,(H,25,26);2*1H/t17-;;/m1../s1. The Hall–Kier alpha value is -1.83. The van der Waals surface area contributed by atoms with E-state index in [-0.39, 0.29) is 30.9 Å². The fourth-order valence-corrected chi connectivity index (χ4v) is 3.15. The van der Waals surface area contributed by atoms with Crippen LogP contribution in [0.4, 0.5) is 10.6 Å². The minimum atomic E-state index is -1.02. The van der Waals surface area contributed by atoms with Crippen molar-refractivity contribution in [3.63, 3.8) is 0 Å². The minimum Gasteiger partial charge on any atom is -0.478 e. The van der Waals surface area contributed by atoms with Gasteiger partial charge in [0.05, 0.1) is 6.04 Å². The number of carboxylic acid groups (broad SMARTS) is 1. The lowest BCUT2D eigenvalue weighted by Gasteiger charge is -2.31. The number of aromatic nitrogens is 1. The van der Waals surface area contributed by atoms with Gasteiger partial charge in [-0.05, 0) is 63.9 Å². The van der Waals surface area contributed by atoms with Crippen molar-refractivity contribution in [1.82, 2.24) is 9.88 Å². The second-order valence-electron chi connectivity index (χ2n) is 8.07. The van der Waals surface area contributed by atoms with Crippen LogP contribution in [0.1, 0.15) is 52.5 Å². The zero-order chi connectivity index (χ0) is 20.7. The third-order valence-electron chi connectivity index (χ3n) is 4.47. The maximum atomic E-state index is 12.9. The molecule has 1 aromatic rings. The predicted molar refractivity (Wildman–Crippen MR) is 124 cm³/mol. The van der Waals surface area contributed by atoms with E-state index in [0.29, 0.717) is 11.4 Å². The van der Waals surface area contributed by atoms with E-state index in [4.69, 9.17) is 9.84 Å². The number of hydrogen-bond donors (Lipinski definition) is 1. The number of carbonyl (C=O) groups is 2. The second-order valence-corrected chi connectivity index (χ2v) is 8.07. The molecule has 0 aromatic carbocycles. The Morgan fingerprint density at radius 2 is 2.03 bits per heavy atom. The zero-order valence-electron chi connectivity index (χ0n) is 18.0. The van der Waals surface area contributed by atoms with E-state index in [1.54, 1.807) is 23.2 Å². The fraction of sp³-hybridized carbons (Fsp3) is 0.571. The summed E-state index contributed by atoms with van der Waals surface area (Å²) in [7, 11) is 0. The summed E-state index contributed by atoms with van der Waals surface area (Å²) in [4.78, 5) is 32.0. The Morgan fingerprint density at radius 1 is 1.33 bits per heavy atom. The quantitative estimate of drug-likeness (QED) is 0.595. The van der Waals surface area contributed by atoms with Gasteiger partial charge in [0.1, 0.15) is 11.4 Å². The number of carbonyl (C=O) groups excluding carboxylic acids is 1. The molecule has 2 rings (SSSR count). The first-order valence-corrected chi connectivity index (χ1v) is 9.81. The molecular weight excluding hydrogens is 429 g/mol. The van der Waals surface area contributed by atoms with Crippen molar-refractivity contribution in [3.05, 3.63) is 30.0 Å². The van der Waals surface area contributed by atoms with Gasteiger partial charge in [0.15, 0.2) is 0 Å². The van der Waals surface area contributed by atoms with Gasteiger partial charge in [-0.25, -0.2) is 14.6 Å². The lowest BCUT2D eigenvalue weighted by molar-refractivity contribution is -0.131. The number of ether oxygens (including phenoxy) is 1. The SMILES string of the molecule is CCCCN1CC[C@@H](N(C(=O)OC(C)(C)C)c2ccc(C=CC(=O)O)cn2)C1.Cl.Cl. The van der Waals surface area contributed by atoms with E-state index in [2.05, 4.69) is 16.8 Å². The van der Waals surface area contributed by atoms with Gasteiger partial charge in [0.25, 0.3) is 0 Å². The van der Waals surface area contributed by atoms with E-state index in [1.165, 1.54) is 6.08 Å². The largest absolute Gasteiger partial charge is 0.478 e. The first-order valence-electron chi connectivity index (χ1n) is 9.81. The molecule has 1 atom stereocenters. The summed E-state index contributed by atoms with van der Waals surface area (Å²) in [5, 5.41) is 8.75. The highest BCUT2D eigenvalue weighted by Gasteiger charge is 2.34. The van der Waals surface area contributed by atoms with Crippen molar-refractivity contribution < 1.29 is 19.4 Å². The molecular formula is C21H33Cl2N3O4. The molecule has 7 nitrogen and oxygen atoms in total. The number of pyridine rings is 1. The number of likely N-dealkylation sites (tertiary alicyclic amines) is 1. The summed E-state index contributed by atoms with van der Waals surface area (Å²) in [5.41, 5.74) is 0.0614. The monoisotopic (exact) mass is 461 g/mol. The van der Waals surface area contributed by atoms with E-state index in [1.807, 2.05) is 20.8 Å². The first-order chi connectivity index (χ1) is 13.2. The summed E-state index contributed by atoms with van der Waals surface area (Å²) in [6, 6.07) is 3.49. The van der Waals surface area contributed by atoms with Gasteiger partial charge >= 0.3 is 12.1 Å². The first kappa shape index (κ1) is 28.2. The average Bonchev–Trinajstić information content (AvgIpc) is 3.06. The molecule has 1 aliphatic heterocycles. The molecule has 1 saturated heterocycles. The van der Waals surface area contributed by atoms with Crippen LogP contribution >= 0.6 is 24.8 Å². The molecule has 9 heteroatoms. The zero-order valence-corrected chi connectivity index (χ0v) is 19.7. The number of amides is 1. The summed E-state index contributed by atoms with van der Waals surface area (Å²) in [6.45, 7) is 10.5. The molecule has 1 aromatic heterocycles. The lowest BCUT2D eigenvalue weighted by Crippen LogP contribution is -2.45. The molecule has 170 valence electrons. The molecule has 0 aliphatic carbocycles. The normalized spacial score (nSPS) is 16.6. The Balaban J connectivity index is 0.00000420. The van der Waals surface area contributed by atoms with E-state index < -0.39 is 17.7 Å². The van der Waals surface area contributed by atoms with Gasteiger partial charge in [-0.15, -0.1) is 24.8 Å². The molecule has 0 spiro atoms. The van der Waals surface area contributed by atoms with E-state index in [0.717, 1.165) is 45.0 Å². The molecule has 1 N–H and O–H groups in total. The van der Waals surface area contributed by atoms with Crippen LogP contribution in [0.15, 0.2) is 24.4 Å². The third-order valence-corrected chi connectivity index (χ3v) is 4.47. The average molecular weight is 462 g/mol. The summed E-state index contributed by atoms with van der Waals surface area (Å²) < 4.78 is 5.63. The van der Waals surface area contributed by atoms with Gasteiger partial charge in [0, 0.05) is 25.4 Å². The van der Waals surface area contributed by atoms with Crippen LogP contribution < -0.4 is 4.90 Å². The van der Waals surface area contributed by atoms with Crippen LogP contribution in [0, 0.1) is 0 Å². The highest BCUT2D eigenvalue weighted by molar-refractivity contribution is 5.88. The fourth-order valence-electron chi connectivity index (χ4n) is 3.15. The van der Waals surface area contributed by atoms with Crippen molar-refractivity contribution in [3.8, 4) is 0 Å². The number of hydrogen-bond acceptors (Lipinski definition) is 5. The maximum absolute atomic E-state index is 12.9. The summed E-state index contributed by atoms with van der Waals surface area (Å²) in [5.74, 6) is -0.498. The van der Waals surface area contributed by atoms with Crippen LogP contribution in [0.25, 0.3) is 6.08 Å². The molecule has 1 amide bonds. The Labute approximate surface area is 191 Å². The Morgan fingerprint density at radius 3 is 2.57 bits per heavy atom. The summed E-state index contributed by atoms with van der Waals surface area (Å²) in [6.07, 6.45) is 6.84. The topological polar surface area (TPSA) is 83.0 Å². The smallest absolute Gasteiger partial charge is 0.416 e. The Kier molecular flexibility index (Phi) is 12.0. The van der Waals surface area contributed by atoms with Gasteiger partial charge in [-0.1, -0.05) is 13.3 Å². The van der Waals surface area contributed by atoms with Crippen LogP contribution in [-0.4, -0.2) is 58.3 Å². The highest BCUT2D eigenvalue weighted by atomic mass is 35.5. The number of rotatable bonds is 7. The van der Waals surface area contributed by atoms with Crippen LogP contribution in [-0.2, 0) is 9.53 Å². The molecule has 1 fully saturated rings. The number of anilines is 1. The van der Waals surface area contributed by atoms with Crippen molar-refractivity contribution in [1.29, 1.82) is 0 Å². The van der Waals surface area contributed by atoms with E-state index >= 15 is 0 Å². The lowest BCUT2D eigenvalue weighted by atomic mass is 10.2. The Bertz CT molecular complexity index is 705. The van der Waals surface area contributed by atoms with Crippen LogP contribution in [0.5, 0.6) is 0 Å². The number of carboxylic acids is 1. The number of aliphatic carboxylic acids is 1. The van der Waals surface area contributed by atoms with Gasteiger partial charge in [-0.3, -0.25) is 4.90 Å². The number of nitrogens with zero attached hydrogens (tertiary/aromatic N) is 3.